The van der Waals surface area contributed by atoms with E-state index in [1.54, 1.807) is 13.3 Å². The van der Waals surface area contributed by atoms with Crippen LogP contribution in [-0.2, 0) is 11.3 Å². The monoisotopic (exact) mass is 562 g/mol. The van der Waals surface area contributed by atoms with E-state index >= 15 is 0 Å². The Morgan fingerprint density at radius 3 is 2.67 bits per heavy atom. The summed E-state index contributed by atoms with van der Waals surface area (Å²) in [6, 6.07) is 1.38. The molecule has 3 fully saturated rings. The Balaban J connectivity index is 1.25. The Morgan fingerprint density at radius 2 is 2.02 bits per heavy atom. The Bertz CT molecular complexity index is 1430. The van der Waals surface area contributed by atoms with Crippen molar-refractivity contribution in [1.29, 1.82) is 0 Å². The van der Waals surface area contributed by atoms with Gasteiger partial charge < -0.3 is 25.0 Å². The molecule has 216 valence electrons. The molecule has 6 rings (SSSR count). The number of amides is 2. The van der Waals surface area contributed by atoms with Crippen LogP contribution in [0.1, 0.15) is 39.5 Å². The molecule has 3 aliphatic rings. The molecule has 0 bridgehead atoms. The third kappa shape index (κ3) is 4.46. The Hall–Kier alpha value is -3.39. The molecule has 14 heteroatoms. The lowest BCUT2D eigenvalue weighted by molar-refractivity contribution is -0.277. The highest BCUT2D eigenvalue weighted by atomic mass is 19.4. The Morgan fingerprint density at radius 1 is 1.27 bits per heavy atom. The van der Waals surface area contributed by atoms with Gasteiger partial charge in [0.2, 0.25) is 0 Å². The normalized spacial score (nSPS) is 22.8. The van der Waals surface area contributed by atoms with Crippen molar-refractivity contribution in [1.82, 2.24) is 29.9 Å². The van der Waals surface area contributed by atoms with Gasteiger partial charge in [-0.05, 0) is 24.8 Å². The molecule has 1 unspecified atom stereocenters. The van der Waals surface area contributed by atoms with Crippen LogP contribution >= 0.6 is 0 Å². The van der Waals surface area contributed by atoms with Crippen molar-refractivity contribution in [2.24, 2.45) is 5.92 Å². The molecular weight excluding hydrogens is 529 g/mol. The Kier molecular flexibility index (Phi) is 6.26. The number of fused-ring (bicyclic) bond motifs is 1. The number of anilines is 2. The van der Waals surface area contributed by atoms with E-state index < -0.39 is 36.2 Å². The number of rotatable bonds is 6. The van der Waals surface area contributed by atoms with Crippen LogP contribution in [0.2, 0.25) is 0 Å². The van der Waals surface area contributed by atoms with E-state index in [4.69, 9.17) is 9.84 Å². The second-order valence-electron chi connectivity index (χ2n) is 11.7. The molecule has 3 aromatic rings. The summed E-state index contributed by atoms with van der Waals surface area (Å²) in [4.78, 5) is 21.5. The van der Waals surface area contributed by atoms with Crippen molar-refractivity contribution < 1.29 is 27.8 Å². The van der Waals surface area contributed by atoms with E-state index in [2.05, 4.69) is 39.2 Å². The minimum Gasteiger partial charge on any atom is -0.380 e. The van der Waals surface area contributed by atoms with Gasteiger partial charge in [0, 0.05) is 57.9 Å². The molecule has 11 nitrogen and oxygen atoms in total. The zero-order valence-corrected chi connectivity index (χ0v) is 22.6. The van der Waals surface area contributed by atoms with Crippen LogP contribution in [0.25, 0.3) is 22.3 Å². The standard InChI is InChI=1S/C26H33F3N8O3/c1-15(2)11-37-20-8-18(30-9-17(20)22(34-37)35-12-16(13-35)40-3)21-19(10-31-33-21)32-23(38)36-7-6-25(39,26(27,28)29)14-24(36)4-5-24/h8-10,15-16,39H,4-7,11-14H2,1-3H3,(H,31,33)(H,32,38). The fraction of sp³-hybridized carbons (Fsp3) is 0.615. The number of aromatic amines is 1. The molecule has 1 spiro atoms. The van der Waals surface area contributed by atoms with Gasteiger partial charge in [0.15, 0.2) is 11.4 Å². The minimum atomic E-state index is -4.74. The number of H-pyrrole nitrogens is 1. The number of aromatic nitrogens is 5. The van der Waals surface area contributed by atoms with Gasteiger partial charge in [0.1, 0.15) is 5.69 Å². The SMILES string of the molecule is COC1CN(c2nn(CC(C)C)c3cc(-c4[nH]ncc4NC(=O)N4CCC(O)(C(F)(F)F)CC45CC5)ncc23)C1. The smallest absolute Gasteiger partial charge is 0.380 e. The first kappa shape index (κ1) is 26.8. The predicted octanol–water partition coefficient (Wildman–Crippen LogP) is 3.77. The largest absolute Gasteiger partial charge is 0.417 e. The number of hydrogen-bond donors (Lipinski definition) is 3. The van der Waals surface area contributed by atoms with Gasteiger partial charge in [-0.3, -0.25) is 14.8 Å². The summed E-state index contributed by atoms with van der Waals surface area (Å²) < 4.78 is 47.8. The summed E-state index contributed by atoms with van der Waals surface area (Å²) in [6.07, 6.45) is -1.60. The summed E-state index contributed by atoms with van der Waals surface area (Å²) in [5, 5.41) is 25.8. The van der Waals surface area contributed by atoms with E-state index in [9.17, 15) is 23.1 Å². The highest BCUT2D eigenvalue weighted by molar-refractivity contribution is 5.96. The maximum absolute atomic E-state index is 13.5. The van der Waals surface area contributed by atoms with Gasteiger partial charge in [0.25, 0.3) is 0 Å². The maximum atomic E-state index is 13.5. The second-order valence-corrected chi connectivity index (χ2v) is 11.7. The summed E-state index contributed by atoms with van der Waals surface area (Å²) in [5.74, 6) is 1.20. The number of alkyl halides is 3. The summed E-state index contributed by atoms with van der Waals surface area (Å²) in [6.45, 7) is 6.24. The third-order valence-electron chi connectivity index (χ3n) is 8.32. The van der Waals surface area contributed by atoms with Crippen molar-refractivity contribution in [2.45, 2.75) is 69.5 Å². The van der Waals surface area contributed by atoms with Crippen LogP contribution in [0.3, 0.4) is 0 Å². The summed E-state index contributed by atoms with van der Waals surface area (Å²) in [7, 11) is 1.70. The molecule has 1 atom stereocenters. The molecular formula is C26H33F3N8O3. The third-order valence-corrected chi connectivity index (χ3v) is 8.32. The van der Waals surface area contributed by atoms with Crippen molar-refractivity contribution in [3.63, 3.8) is 0 Å². The first-order valence-electron chi connectivity index (χ1n) is 13.5. The number of likely N-dealkylation sites (tertiary alicyclic amines) is 1. The van der Waals surface area contributed by atoms with Gasteiger partial charge >= 0.3 is 12.2 Å². The molecule has 2 amide bonds. The summed E-state index contributed by atoms with van der Waals surface area (Å²) in [5.41, 5.74) is -1.50. The molecule has 1 aliphatic carbocycles. The molecule has 5 heterocycles. The number of carbonyl (C=O) groups is 1. The maximum Gasteiger partial charge on any atom is 0.417 e. The zero-order valence-electron chi connectivity index (χ0n) is 22.6. The number of piperidine rings is 1. The minimum absolute atomic E-state index is 0.172. The average Bonchev–Trinajstić information content (AvgIpc) is 3.29. The van der Waals surface area contributed by atoms with E-state index in [0.717, 1.165) is 29.8 Å². The lowest BCUT2D eigenvalue weighted by Gasteiger charge is -2.45. The number of methoxy groups -OCH3 is 1. The number of hydrogen-bond acceptors (Lipinski definition) is 7. The first-order valence-corrected chi connectivity index (χ1v) is 13.5. The van der Waals surface area contributed by atoms with Crippen LogP contribution in [0.5, 0.6) is 0 Å². The van der Waals surface area contributed by atoms with Gasteiger partial charge in [0.05, 0.1) is 34.6 Å². The number of aliphatic hydroxyl groups is 1. The molecule has 3 aromatic heterocycles. The number of ether oxygens (including phenoxy) is 1. The van der Waals surface area contributed by atoms with Crippen molar-refractivity contribution in [3.05, 3.63) is 18.5 Å². The first-order chi connectivity index (χ1) is 18.9. The van der Waals surface area contributed by atoms with E-state index in [-0.39, 0.29) is 12.6 Å². The van der Waals surface area contributed by atoms with Crippen LogP contribution in [-0.4, -0.2) is 91.2 Å². The number of halogens is 3. The fourth-order valence-corrected chi connectivity index (χ4v) is 5.84. The fourth-order valence-electron chi connectivity index (χ4n) is 5.84. The van der Waals surface area contributed by atoms with Crippen LogP contribution in [0, 0.1) is 5.92 Å². The number of nitrogens with zero attached hydrogens (tertiary/aromatic N) is 6. The number of urea groups is 1. The van der Waals surface area contributed by atoms with Crippen LogP contribution in [0.15, 0.2) is 18.5 Å². The summed E-state index contributed by atoms with van der Waals surface area (Å²) >= 11 is 0. The molecule has 1 saturated carbocycles. The molecule has 3 N–H and O–H groups in total. The highest BCUT2D eigenvalue weighted by Gasteiger charge is 2.65. The van der Waals surface area contributed by atoms with Crippen molar-refractivity contribution in [2.75, 3.05) is 37.0 Å². The number of nitrogens with one attached hydrogen (secondary N) is 2. The lowest BCUT2D eigenvalue weighted by Crippen LogP contribution is -2.60. The van der Waals surface area contributed by atoms with E-state index in [0.29, 0.717) is 42.4 Å². The molecule has 2 saturated heterocycles. The molecule has 2 aliphatic heterocycles. The van der Waals surface area contributed by atoms with Gasteiger partial charge in [-0.25, -0.2) is 4.79 Å². The zero-order chi connectivity index (χ0) is 28.4. The van der Waals surface area contributed by atoms with Crippen LogP contribution in [0.4, 0.5) is 29.5 Å². The number of carbonyl (C=O) groups excluding carboxylic acids is 1. The molecule has 0 aromatic carbocycles. The van der Waals surface area contributed by atoms with E-state index in [1.165, 1.54) is 11.1 Å². The molecule has 40 heavy (non-hydrogen) atoms. The predicted molar refractivity (Wildman–Crippen MR) is 141 cm³/mol. The average molecular weight is 563 g/mol. The van der Waals surface area contributed by atoms with Gasteiger partial charge in [-0.15, -0.1) is 0 Å². The Labute approximate surface area is 228 Å². The highest BCUT2D eigenvalue weighted by Crippen LogP contribution is 2.55. The second kappa shape index (κ2) is 9.33. The lowest BCUT2D eigenvalue weighted by atomic mass is 9.84. The van der Waals surface area contributed by atoms with Gasteiger partial charge in [-0.1, -0.05) is 13.8 Å². The quantitative estimate of drug-likeness (QED) is 0.418. The number of pyridine rings is 1. The van der Waals surface area contributed by atoms with Crippen molar-refractivity contribution in [3.8, 4) is 11.4 Å². The molecule has 0 radical (unpaired) electrons. The van der Waals surface area contributed by atoms with E-state index in [1.807, 2.05) is 10.7 Å². The van der Waals surface area contributed by atoms with Crippen LogP contribution < -0.4 is 10.2 Å². The topological polar surface area (TPSA) is 124 Å². The van der Waals surface area contributed by atoms with Crippen molar-refractivity contribution >= 4 is 28.4 Å². The van der Waals surface area contributed by atoms with Gasteiger partial charge in [-0.2, -0.15) is 23.4 Å².